The highest BCUT2D eigenvalue weighted by Gasteiger charge is 2.22. The predicted octanol–water partition coefficient (Wildman–Crippen LogP) is 2.46. The maximum absolute atomic E-state index is 14.1. The second kappa shape index (κ2) is 8.91. The summed E-state index contributed by atoms with van der Waals surface area (Å²) in [6.45, 7) is 4.69. The van der Waals surface area contributed by atoms with Crippen LogP contribution in [-0.4, -0.2) is 50.3 Å². The van der Waals surface area contributed by atoms with Gasteiger partial charge in [-0.25, -0.2) is 9.37 Å². The maximum Gasteiger partial charge on any atom is 0.253 e. The number of amides is 1. The van der Waals surface area contributed by atoms with Gasteiger partial charge in [-0.05, 0) is 29.7 Å². The number of nitrogens with zero attached hydrogens (tertiary/aromatic N) is 2. The summed E-state index contributed by atoms with van der Waals surface area (Å²) in [5, 5.41) is 2.51. The summed E-state index contributed by atoms with van der Waals surface area (Å²) in [6.07, 6.45) is 3.39. The lowest BCUT2D eigenvalue weighted by Gasteiger charge is -2.26. The van der Waals surface area contributed by atoms with E-state index in [1.807, 2.05) is 29.7 Å². The molecule has 8 heteroatoms. The largest absolute Gasteiger partial charge is 0.370 e. The molecule has 0 spiro atoms. The zero-order valence-corrected chi connectivity index (χ0v) is 16.9. The number of anilines is 1. The third-order valence-electron chi connectivity index (χ3n) is 4.68. The van der Waals surface area contributed by atoms with E-state index >= 15 is 0 Å². The van der Waals surface area contributed by atoms with Crippen molar-refractivity contribution in [3.05, 3.63) is 52.5 Å². The molecule has 3 aromatic rings. The number of thiophene rings is 1. The number of aromatic nitrogens is 1. The first-order valence-corrected chi connectivity index (χ1v) is 10.9. The first-order chi connectivity index (χ1) is 13.7. The van der Waals surface area contributed by atoms with Crippen LogP contribution in [0.1, 0.15) is 4.88 Å². The van der Waals surface area contributed by atoms with Crippen LogP contribution in [0.2, 0.25) is 0 Å². The van der Waals surface area contributed by atoms with Crippen molar-refractivity contribution in [2.75, 3.05) is 44.3 Å². The fraction of sp³-hybridized carbons (Fsp3) is 0.300. The highest BCUT2D eigenvalue weighted by atomic mass is 32.1. The van der Waals surface area contributed by atoms with Crippen LogP contribution in [0.5, 0.6) is 0 Å². The van der Waals surface area contributed by atoms with Crippen molar-refractivity contribution in [1.29, 1.82) is 0 Å². The van der Waals surface area contributed by atoms with Crippen molar-refractivity contribution in [3.8, 4) is 0 Å². The Balaban J connectivity index is 1.57. The molecule has 2 aromatic heterocycles. The summed E-state index contributed by atoms with van der Waals surface area (Å²) in [5.74, 6) is -0.499. The molecule has 1 fully saturated rings. The smallest absolute Gasteiger partial charge is 0.253 e. The van der Waals surface area contributed by atoms with Gasteiger partial charge in [-0.2, -0.15) is 0 Å². The maximum atomic E-state index is 14.1. The van der Waals surface area contributed by atoms with E-state index < -0.39 is 0 Å². The molecule has 1 aromatic carbocycles. The zero-order chi connectivity index (χ0) is 19.3. The number of para-hydroxylation sites is 1. The number of nitrogens with one attached hydrogen (secondary N) is 1. The number of fused-ring (bicyclic) bond motifs is 1. The average molecular weight is 419 g/mol. The molecule has 1 saturated heterocycles. The van der Waals surface area contributed by atoms with E-state index in [4.69, 9.17) is 4.74 Å². The van der Waals surface area contributed by atoms with E-state index in [0.29, 0.717) is 17.2 Å². The number of rotatable bonds is 6. The van der Waals surface area contributed by atoms with Gasteiger partial charge < -0.3 is 9.64 Å². The molecule has 0 bridgehead atoms. The molecule has 1 amide bonds. The average Bonchev–Trinajstić information content (AvgIpc) is 3.38. The third-order valence-corrected chi connectivity index (χ3v) is 6.56. The molecular formula is C20H21FN3O2S2+. The van der Waals surface area contributed by atoms with Crippen molar-refractivity contribution in [3.63, 3.8) is 0 Å². The van der Waals surface area contributed by atoms with Gasteiger partial charge in [-0.3, -0.25) is 9.69 Å². The highest BCUT2D eigenvalue weighted by Crippen LogP contribution is 2.30. The van der Waals surface area contributed by atoms with Crippen LogP contribution in [-0.2, 0) is 9.53 Å². The quantitative estimate of drug-likeness (QED) is 0.626. The standard InChI is InChI=1S/C20H20FN3O2S2/c21-16-4-1-5-17-19(16)22-20(28-17)24(9-8-23-10-12-26-13-11-23)18(25)7-6-15-3-2-14-27-15/h1-7,14H,8-13H2/p+1/b7-6+. The molecule has 1 aliphatic rings. The number of carbonyl (C=O) groups excluding carboxylic acids is 1. The lowest BCUT2D eigenvalue weighted by Crippen LogP contribution is -3.14. The van der Waals surface area contributed by atoms with Crippen LogP contribution in [0.4, 0.5) is 9.52 Å². The second-order valence-electron chi connectivity index (χ2n) is 6.53. The number of quaternary nitrogens is 1. The van der Waals surface area contributed by atoms with Crippen LogP contribution in [0.25, 0.3) is 16.3 Å². The van der Waals surface area contributed by atoms with Crippen molar-refractivity contribution in [1.82, 2.24) is 4.98 Å². The van der Waals surface area contributed by atoms with Gasteiger partial charge in [0, 0.05) is 11.0 Å². The SMILES string of the molecule is O=C(/C=C/c1cccs1)N(CC[NH+]1CCOCC1)c1nc2c(F)cccc2s1. The predicted molar refractivity (Wildman–Crippen MR) is 112 cm³/mol. The summed E-state index contributed by atoms with van der Waals surface area (Å²) < 4.78 is 20.2. The molecule has 0 saturated carbocycles. The Labute approximate surface area is 170 Å². The first-order valence-electron chi connectivity index (χ1n) is 9.20. The van der Waals surface area contributed by atoms with Gasteiger partial charge in [0.05, 0.1) is 31.0 Å². The Bertz CT molecular complexity index is 965. The molecule has 1 aliphatic heterocycles. The number of benzene rings is 1. The number of hydrogen-bond acceptors (Lipinski definition) is 5. The van der Waals surface area contributed by atoms with Gasteiger partial charge in [-0.1, -0.05) is 23.5 Å². The minimum absolute atomic E-state index is 0.138. The van der Waals surface area contributed by atoms with Gasteiger partial charge in [0.25, 0.3) is 5.91 Å². The Morgan fingerprint density at radius 3 is 2.89 bits per heavy atom. The molecule has 4 rings (SSSR count). The van der Waals surface area contributed by atoms with E-state index in [0.717, 1.165) is 42.4 Å². The Morgan fingerprint density at radius 1 is 1.29 bits per heavy atom. The minimum Gasteiger partial charge on any atom is -0.370 e. The van der Waals surface area contributed by atoms with Gasteiger partial charge in [0.15, 0.2) is 5.13 Å². The van der Waals surface area contributed by atoms with E-state index in [9.17, 15) is 9.18 Å². The number of ether oxygens (including phenoxy) is 1. The van der Waals surface area contributed by atoms with E-state index in [-0.39, 0.29) is 11.7 Å². The van der Waals surface area contributed by atoms with Crippen LogP contribution < -0.4 is 9.80 Å². The lowest BCUT2D eigenvalue weighted by molar-refractivity contribution is -0.906. The minimum atomic E-state index is -0.361. The second-order valence-corrected chi connectivity index (χ2v) is 8.52. The van der Waals surface area contributed by atoms with Gasteiger partial charge in [0.2, 0.25) is 0 Å². The first kappa shape index (κ1) is 19.2. The number of carbonyl (C=O) groups is 1. The molecule has 146 valence electrons. The van der Waals surface area contributed by atoms with Crippen molar-refractivity contribution < 1.29 is 18.8 Å². The van der Waals surface area contributed by atoms with Crippen molar-refractivity contribution in [2.45, 2.75) is 0 Å². The van der Waals surface area contributed by atoms with E-state index in [1.165, 1.54) is 22.3 Å². The van der Waals surface area contributed by atoms with Crippen LogP contribution in [0.15, 0.2) is 41.8 Å². The Kier molecular flexibility index (Phi) is 6.11. The Hall–Kier alpha value is -2.13. The summed E-state index contributed by atoms with van der Waals surface area (Å²) in [7, 11) is 0. The molecule has 3 heterocycles. The van der Waals surface area contributed by atoms with E-state index in [1.54, 1.807) is 28.4 Å². The zero-order valence-electron chi connectivity index (χ0n) is 15.3. The summed E-state index contributed by atoms with van der Waals surface area (Å²) in [5.41, 5.74) is 0.321. The van der Waals surface area contributed by atoms with Gasteiger partial charge in [-0.15, -0.1) is 11.3 Å². The fourth-order valence-electron chi connectivity index (χ4n) is 3.13. The topological polar surface area (TPSA) is 46.9 Å². The number of hydrogen-bond donors (Lipinski definition) is 1. The van der Waals surface area contributed by atoms with Gasteiger partial charge in [0.1, 0.15) is 24.4 Å². The lowest BCUT2D eigenvalue weighted by atomic mass is 10.3. The molecule has 0 radical (unpaired) electrons. The van der Waals surface area contributed by atoms with Gasteiger partial charge >= 0.3 is 0 Å². The third kappa shape index (κ3) is 4.47. The summed E-state index contributed by atoms with van der Waals surface area (Å²) in [4.78, 5) is 21.5. The molecule has 5 nitrogen and oxygen atoms in total. The molecule has 0 atom stereocenters. The molecule has 0 unspecified atom stereocenters. The highest BCUT2D eigenvalue weighted by molar-refractivity contribution is 7.22. The molecule has 1 N–H and O–H groups in total. The normalized spacial score (nSPS) is 15.5. The molecule has 28 heavy (non-hydrogen) atoms. The summed E-state index contributed by atoms with van der Waals surface area (Å²) in [6, 6.07) is 8.80. The number of halogens is 1. The number of morpholine rings is 1. The van der Waals surface area contributed by atoms with Crippen molar-refractivity contribution in [2.24, 2.45) is 0 Å². The van der Waals surface area contributed by atoms with Crippen LogP contribution >= 0.6 is 22.7 Å². The summed E-state index contributed by atoms with van der Waals surface area (Å²) >= 11 is 2.92. The fourth-order valence-corrected chi connectivity index (χ4v) is 4.76. The number of thiazole rings is 1. The van der Waals surface area contributed by atoms with Crippen LogP contribution in [0.3, 0.4) is 0 Å². The van der Waals surface area contributed by atoms with Crippen molar-refractivity contribution >= 4 is 50.0 Å². The van der Waals surface area contributed by atoms with E-state index in [2.05, 4.69) is 4.98 Å². The monoisotopic (exact) mass is 418 g/mol. The molecular weight excluding hydrogens is 397 g/mol. The Morgan fingerprint density at radius 2 is 2.14 bits per heavy atom. The molecule has 0 aliphatic carbocycles. The van der Waals surface area contributed by atoms with Crippen LogP contribution in [0, 0.1) is 5.82 Å².